The van der Waals surface area contributed by atoms with Gasteiger partial charge in [0.1, 0.15) is 5.75 Å². The Morgan fingerprint density at radius 2 is 1.08 bits per heavy atom. The number of hydrogen-bond acceptors (Lipinski definition) is 2. The zero-order valence-electron chi connectivity index (χ0n) is 13.9. The molecular formula is C23H20O2. The van der Waals surface area contributed by atoms with Gasteiger partial charge in [0, 0.05) is 0 Å². The first kappa shape index (κ1) is 16.6. The summed E-state index contributed by atoms with van der Waals surface area (Å²) < 4.78 is 10.8. The van der Waals surface area contributed by atoms with Crippen molar-refractivity contribution in [3.05, 3.63) is 108 Å². The summed E-state index contributed by atoms with van der Waals surface area (Å²) >= 11 is 0. The van der Waals surface area contributed by atoms with Crippen LogP contribution in [0.1, 0.15) is 16.7 Å². The summed E-state index contributed by atoms with van der Waals surface area (Å²) in [5, 5.41) is 0. The van der Waals surface area contributed by atoms with Crippen molar-refractivity contribution in [3.8, 4) is 5.75 Å². The van der Waals surface area contributed by atoms with Crippen LogP contribution in [-0.2, 0) is 4.74 Å². The number of para-hydroxylation sites is 1. The molecule has 0 aliphatic rings. The van der Waals surface area contributed by atoms with Crippen LogP contribution in [0.2, 0.25) is 0 Å². The third-order valence-electron chi connectivity index (χ3n) is 3.60. The molecular weight excluding hydrogens is 308 g/mol. The van der Waals surface area contributed by atoms with Gasteiger partial charge in [0.05, 0.1) is 6.26 Å². The van der Waals surface area contributed by atoms with Crippen molar-refractivity contribution in [1.82, 2.24) is 0 Å². The molecule has 0 aliphatic heterocycles. The van der Waals surface area contributed by atoms with Gasteiger partial charge in [0.2, 0.25) is 6.79 Å². The van der Waals surface area contributed by atoms with Crippen molar-refractivity contribution in [2.75, 3.05) is 6.79 Å². The van der Waals surface area contributed by atoms with Crippen LogP contribution in [0.4, 0.5) is 0 Å². The monoisotopic (exact) mass is 328 g/mol. The second kappa shape index (κ2) is 9.14. The number of rotatable bonds is 7. The second-order valence-electron chi connectivity index (χ2n) is 5.46. The second-order valence-corrected chi connectivity index (χ2v) is 5.46. The van der Waals surface area contributed by atoms with Gasteiger partial charge in [-0.3, -0.25) is 0 Å². The molecule has 0 radical (unpaired) electrons. The summed E-state index contributed by atoms with van der Waals surface area (Å²) in [7, 11) is 0. The minimum absolute atomic E-state index is 0.193. The van der Waals surface area contributed by atoms with Crippen molar-refractivity contribution in [2.24, 2.45) is 0 Å². The minimum Gasteiger partial charge on any atom is -0.465 e. The quantitative estimate of drug-likeness (QED) is 0.233. The molecule has 3 aromatic carbocycles. The lowest BCUT2D eigenvalue weighted by Gasteiger charge is -2.04. The van der Waals surface area contributed by atoms with E-state index in [2.05, 4.69) is 48.6 Å². The van der Waals surface area contributed by atoms with Gasteiger partial charge in [-0.2, -0.15) is 0 Å². The molecule has 0 unspecified atom stereocenters. The van der Waals surface area contributed by atoms with E-state index < -0.39 is 0 Å². The van der Waals surface area contributed by atoms with E-state index in [-0.39, 0.29) is 6.79 Å². The molecule has 0 amide bonds. The topological polar surface area (TPSA) is 18.5 Å². The van der Waals surface area contributed by atoms with E-state index in [0.29, 0.717) is 0 Å². The first-order valence-corrected chi connectivity index (χ1v) is 8.19. The average molecular weight is 328 g/mol. The van der Waals surface area contributed by atoms with Crippen LogP contribution in [-0.4, -0.2) is 6.79 Å². The van der Waals surface area contributed by atoms with Crippen LogP contribution in [0, 0.1) is 0 Å². The molecule has 3 rings (SSSR count). The highest BCUT2D eigenvalue weighted by atomic mass is 16.7. The highest BCUT2D eigenvalue weighted by Gasteiger charge is 1.91. The number of benzene rings is 3. The van der Waals surface area contributed by atoms with Crippen molar-refractivity contribution >= 4 is 18.2 Å². The predicted octanol–water partition coefficient (Wildman–Crippen LogP) is 5.88. The zero-order valence-corrected chi connectivity index (χ0v) is 13.9. The summed E-state index contributed by atoms with van der Waals surface area (Å²) in [5.41, 5.74) is 3.43. The lowest BCUT2D eigenvalue weighted by atomic mass is 10.1. The smallest absolute Gasteiger partial charge is 0.229 e. The fraction of sp³-hybridized carbons (Fsp3) is 0.0435. The van der Waals surface area contributed by atoms with E-state index >= 15 is 0 Å². The highest BCUT2D eigenvalue weighted by molar-refractivity contribution is 5.70. The Balaban J connectivity index is 1.46. The summed E-state index contributed by atoms with van der Waals surface area (Å²) in [6.07, 6.45) is 7.78. The van der Waals surface area contributed by atoms with E-state index in [9.17, 15) is 0 Å². The van der Waals surface area contributed by atoms with Gasteiger partial charge < -0.3 is 9.47 Å². The Morgan fingerprint density at radius 3 is 1.72 bits per heavy atom. The van der Waals surface area contributed by atoms with Crippen LogP contribution >= 0.6 is 0 Å². The SMILES string of the molecule is C(=Cc1ccc(C=Cc2ccccc2)cc1)OCOc1ccccc1. The molecule has 0 fully saturated rings. The maximum atomic E-state index is 5.45. The molecule has 0 saturated carbocycles. The van der Waals surface area contributed by atoms with E-state index in [1.165, 1.54) is 5.56 Å². The number of ether oxygens (including phenoxy) is 2. The highest BCUT2D eigenvalue weighted by Crippen LogP contribution is 2.11. The van der Waals surface area contributed by atoms with Gasteiger partial charge in [-0.1, -0.05) is 84.9 Å². The third kappa shape index (κ3) is 5.70. The number of hydrogen-bond donors (Lipinski definition) is 0. The van der Waals surface area contributed by atoms with Crippen LogP contribution in [0.25, 0.3) is 18.2 Å². The minimum atomic E-state index is 0.193. The lowest BCUT2D eigenvalue weighted by molar-refractivity contribution is 0.0813. The van der Waals surface area contributed by atoms with Crippen molar-refractivity contribution in [2.45, 2.75) is 0 Å². The largest absolute Gasteiger partial charge is 0.465 e. The Morgan fingerprint density at radius 1 is 0.560 bits per heavy atom. The molecule has 25 heavy (non-hydrogen) atoms. The van der Waals surface area contributed by atoms with Crippen LogP contribution in [0.5, 0.6) is 5.75 Å². The Kier molecular flexibility index (Phi) is 6.06. The molecule has 0 atom stereocenters. The van der Waals surface area contributed by atoms with Crippen molar-refractivity contribution in [3.63, 3.8) is 0 Å². The molecule has 0 bridgehead atoms. The summed E-state index contributed by atoms with van der Waals surface area (Å²) in [6, 6.07) is 28.2. The van der Waals surface area contributed by atoms with Gasteiger partial charge >= 0.3 is 0 Å². The summed E-state index contributed by atoms with van der Waals surface area (Å²) in [4.78, 5) is 0. The molecule has 3 aromatic rings. The normalized spacial score (nSPS) is 11.0. The van der Waals surface area contributed by atoms with Gasteiger partial charge in [-0.05, 0) is 34.9 Å². The summed E-state index contributed by atoms with van der Waals surface area (Å²) in [5.74, 6) is 0.797. The molecule has 0 heterocycles. The molecule has 2 nitrogen and oxygen atoms in total. The van der Waals surface area contributed by atoms with Gasteiger partial charge in [0.25, 0.3) is 0 Å². The molecule has 2 heteroatoms. The van der Waals surface area contributed by atoms with E-state index in [4.69, 9.17) is 9.47 Å². The van der Waals surface area contributed by atoms with Crippen LogP contribution in [0.15, 0.2) is 91.2 Å². The average Bonchev–Trinajstić information content (AvgIpc) is 2.69. The summed E-state index contributed by atoms with van der Waals surface area (Å²) in [6.45, 7) is 0.193. The van der Waals surface area contributed by atoms with E-state index in [1.54, 1.807) is 6.26 Å². The third-order valence-corrected chi connectivity index (χ3v) is 3.60. The fourth-order valence-electron chi connectivity index (χ4n) is 2.26. The van der Waals surface area contributed by atoms with Gasteiger partial charge in [-0.25, -0.2) is 0 Å². The van der Waals surface area contributed by atoms with E-state index in [0.717, 1.165) is 16.9 Å². The van der Waals surface area contributed by atoms with Gasteiger partial charge in [0.15, 0.2) is 0 Å². The Bertz CT molecular complexity index is 804. The molecule has 0 N–H and O–H groups in total. The van der Waals surface area contributed by atoms with Crippen molar-refractivity contribution < 1.29 is 9.47 Å². The predicted molar refractivity (Wildman–Crippen MR) is 104 cm³/mol. The van der Waals surface area contributed by atoms with Crippen LogP contribution in [0.3, 0.4) is 0 Å². The zero-order chi connectivity index (χ0) is 17.2. The maximum Gasteiger partial charge on any atom is 0.229 e. The standard InChI is InChI=1S/C23H20O2/c1-3-7-20(8-4-1)11-12-21-13-15-22(16-14-21)17-18-24-19-25-23-9-5-2-6-10-23/h1-18H,19H2. The van der Waals surface area contributed by atoms with E-state index in [1.807, 2.05) is 54.6 Å². The maximum absolute atomic E-state index is 5.45. The molecule has 0 aliphatic carbocycles. The molecule has 0 aromatic heterocycles. The Labute approximate surface area is 148 Å². The first-order chi connectivity index (χ1) is 12.4. The molecule has 124 valence electrons. The fourth-order valence-corrected chi connectivity index (χ4v) is 2.26. The van der Waals surface area contributed by atoms with Gasteiger partial charge in [-0.15, -0.1) is 0 Å². The molecule has 0 saturated heterocycles. The molecule has 0 spiro atoms. The van der Waals surface area contributed by atoms with Crippen molar-refractivity contribution in [1.29, 1.82) is 0 Å². The Hall–Kier alpha value is -3.26. The van der Waals surface area contributed by atoms with Crippen LogP contribution < -0.4 is 4.74 Å². The first-order valence-electron chi connectivity index (χ1n) is 8.19. The lowest BCUT2D eigenvalue weighted by Crippen LogP contribution is -1.97.